The Morgan fingerprint density at radius 1 is 1.15 bits per heavy atom. The summed E-state index contributed by atoms with van der Waals surface area (Å²) in [4.78, 5) is 26.5. The predicted molar refractivity (Wildman–Crippen MR) is 101 cm³/mol. The maximum absolute atomic E-state index is 12.8. The zero-order valence-corrected chi connectivity index (χ0v) is 15.4. The summed E-state index contributed by atoms with van der Waals surface area (Å²) >= 11 is 12.0. The Morgan fingerprint density at radius 3 is 2.65 bits per heavy atom. The Balaban J connectivity index is 1.74. The van der Waals surface area contributed by atoms with E-state index in [9.17, 15) is 14.7 Å². The minimum absolute atomic E-state index is 0.0458. The van der Waals surface area contributed by atoms with Crippen molar-refractivity contribution in [3.63, 3.8) is 0 Å². The van der Waals surface area contributed by atoms with Crippen LogP contribution in [-0.2, 0) is 16.1 Å². The van der Waals surface area contributed by atoms with E-state index in [0.29, 0.717) is 10.0 Å². The topological polar surface area (TPSA) is 69.6 Å². The average molecular weight is 393 g/mol. The molecule has 1 aliphatic rings. The number of hydrogen-bond acceptors (Lipinski definition) is 3. The number of hydrogen-bond donors (Lipinski definition) is 2. The van der Waals surface area contributed by atoms with E-state index in [4.69, 9.17) is 23.2 Å². The highest BCUT2D eigenvalue weighted by atomic mass is 35.5. The fourth-order valence-electron chi connectivity index (χ4n) is 3.05. The first-order valence-electron chi connectivity index (χ1n) is 8.22. The van der Waals surface area contributed by atoms with Gasteiger partial charge in [-0.25, -0.2) is 0 Å². The van der Waals surface area contributed by atoms with E-state index in [1.54, 1.807) is 18.2 Å². The van der Waals surface area contributed by atoms with E-state index in [2.05, 4.69) is 5.32 Å². The van der Waals surface area contributed by atoms with E-state index in [1.165, 1.54) is 4.90 Å². The van der Waals surface area contributed by atoms with Gasteiger partial charge in [-0.3, -0.25) is 9.59 Å². The van der Waals surface area contributed by atoms with Crippen LogP contribution >= 0.6 is 23.2 Å². The quantitative estimate of drug-likeness (QED) is 0.790. The first-order valence-corrected chi connectivity index (χ1v) is 8.97. The molecular weight excluding hydrogens is 375 g/mol. The van der Waals surface area contributed by atoms with Gasteiger partial charge in [-0.1, -0.05) is 47.5 Å². The first kappa shape index (κ1) is 18.7. The Bertz CT molecular complexity index is 841. The van der Waals surface area contributed by atoms with Gasteiger partial charge in [0.1, 0.15) is 0 Å². The number of para-hydroxylation sites is 1. The van der Waals surface area contributed by atoms with Crippen molar-refractivity contribution in [3.8, 4) is 0 Å². The molecule has 0 aliphatic carbocycles. The van der Waals surface area contributed by atoms with Crippen LogP contribution in [0.3, 0.4) is 0 Å². The number of benzene rings is 2. The molecule has 26 heavy (non-hydrogen) atoms. The van der Waals surface area contributed by atoms with Gasteiger partial charge in [0.15, 0.2) is 0 Å². The summed E-state index contributed by atoms with van der Waals surface area (Å²) in [6.45, 7) is 0.293. The molecule has 7 heteroatoms. The van der Waals surface area contributed by atoms with Gasteiger partial charge in [-0.2, -0.15) is 0 Å². The van der Waals surface area contributed by atoms with Crippen LogP contribution < -0.4 is 5.32 Å². The van der Waals surface area contributed by atoms with Gasteiger partial charge in [0, 0.05) is 25.2 Å². The number of aliphatic hydroxyl groups is 1. The molecular formula is C19H18Cl2N2O3. The zero-order chi connectivity index (χ0) is 18.7. The van der Waals surface area contributed by atoms with Gasteiger partial charge in [0.25, 0.3) is 0 Å². The number of fused-ring (bicyclic) bond motifs is 1. The Hall–Kier alpha value is -2.08. The SMILES string of the molecule is O=C1Nc2ccccc2C1CC(=O)N(CCO)Cc1ccc(Cl)c(Cl)c1. The summed E-state index contributed by atoms with van der Waals surface area (Å²) in [5.74, 6) is -0.909. The highest BCUT2D eigenvalue weighted by molar-refractivity contribution is 6.42. The lowest BCUT2D eigenvalue weighted by Crippen LogP contribution is -2.34. The second kappa shape index (κ2) is 8.08. The van der Waals surface area contributed by atoms with E-state index in [1.807, 2.05) is 24.3 Å². The molecule has 0 spiro atoms. The Labute approximate surface area is 161 Å². The molecule has 2 aromatic carbocycles. The molecule has 1 heterocycles. The highest BCUT2D eigenvalue weighted by Crippen LogP contribution is 2.34. The summed E-state index contributed by atoms with van der Waals surface area (Å²) in [5.41, 5.74) is 2.37. The van der Waals surface area contributed by atoms with Crippen LogP contribution in [0.5, 0.6) is 0 Å². The van der Waals surface area contributed by atoms with Crippen molar-refractivity contribution in [2.24, 2.45) is 0 Å². The molecule has 136 valence electrons. The van der Waals surface area contributed by atoms with Gasteiger partial charge in [0.2, 0.25) is 11.8 Å². The van der Waals surface area contributed by atoms with Crippen molar-refractivity contribution in [2.75, 3.05) is 18.5 Å². The second-order valence-corrected chi connectivity index (χ2v) is 6.93. The molecule has 3 rings (SSSR count). The smallest absolute Gasteiger partial charge is 0.232 e. The number of anilines is 1. The van der Waals surface area contributed by atoms with Crippen molar-refractivity contribution in [1.29, 1.82) is 0 Å². The van der Waals surface area contributed by atoms with Crippen molar-refractivity contribution < 1.29 is 14.7 Å². The first-order chi connectivity index (χ1) is 12.5. The Kier molecular flexibility index (Phi) is 5.81. The Morgan fingerprint density at radius 2 is 1.92 bits per heavy atom. The maximum atomic E-state index is 12.8. The van der Waals surface area contributed by atoms with Gasteiger partial charge in [0.05, 0.1) is 22.6 Å². The molecule has 0 saturated carbocycles. The fourth-order valence-corrected chi connectivity index (χ4v) is 3.37. The second-order valence-electron chi connectivity index (χ2n) is 6.12. The van der Waals surface area contributed by atoms with Gasteiger partial charge in [-0.15, -0.1) is 0 Å². The number of carbonyl (C=O) groups excluding carboxylic acids is 2. The maximum Gasteiger partial charge on any atom is 0.232 e. The van der Waals surface area contributed by atoms with E-state index < -0.39 is 5.92 Å². The number of halogens is 2. The molecule has 2 amide bonds. The van der Waals surface area contributed by atoms with Gasteiger partial charge < -0.3 is 15.3 Å². The van der Waals surface area contributed by atoms with E-state index in [0.717, 1.165) is 16.8 Å². The van der Waals surface area contributed by atoms with Crippen LogP contribution in [0.4, 0.5) is 5.69 Å². The third-order valence-corrected chi connectivity index (χ3v) is 5.11. The zero-order valence-electron chi connectivity index (χ0n) is 13.9. The summed E-state index contributed by atoms with van der Waals surface area (Å²) in [7, 11) is 0. The van der Waals surface area contributed by atoms with Crippen LogP contribution in [0.1, 0.15) is 23.5 Å². The van der Waals surface area contributed by atoms with Gasteiger partial charge in [-0.05, 0) is 29.3 Å². The monoisotopic (exact) mass is 392 g/mol. The number of amides is 2. The molecule has 0 bridgehead atoms. The third kappa shape index (κ3) is 4.01. The lowest BCUT2D eigenvalue weighted by atomic mass is 9.96. The molecule has 2 aromatic rings. The average Bonchev–Trinajstić information content (AvgIpc) is 2.93. The molecule has 2 N–H and O–H groups in total. The number of nitrogens with zero attached hydrogens (tertiary/aromatic N) is 1. The summed E-state index contributed by atoms with van der Waals surface area (Å²) < 4.78 is 0. The number of aliphatic hydroxyl groups excluding tert-OH is 1. The molecule has 5 nitrogen and oxygen atoms in total. The number of carbonyl (C=O) groups is 2. The van der Waals surface area contributed by atoms with Crippen molar-refractivity contribution in [3.05, 3.63) is 63.6 Å². The van der Waals surface area contributed by atoms with Crippen LogP contribution in [0.2, 0.25) is 10.0 Å². The fraction of sp³-hybridized carbons (Fsp3) is 0.263. The van der Waals surface area contributed by atoms with Crippen molar-refractivity contribution >= 4 is 40.7 Å². The summed E-state index contributed by atoms with van der Waals surface area (Å²) in [6, 6.07) is 12.5. The van der Waals surface area contributed by atoms with E-state index in [-0.39, 0.29) is 37.9 Å². The molecule has 0 fully saturated rings. The standard InChI is InChI=1S/C19H18Cl2N2O3/c20-15-6-5-12(9-16(15)21)11-23(7-8-24)18(25)10-14-13-3-1-2-4-17(13)22-19(14)26/h1-6,9,14,24H,7-8,10-11H2,(H,22,26). The summed E-state index contributed by atoms with van der Waals surface area (Å²) in [6.07, 6.45) is 0.0458. The molecule has 1 unspecified atom stereocenters. The molecule has 1 aliphatic heterocycles. The van der Waals surface area contributed by atoms with Crippen molar-refractivity contribution in [1.82, 2.24) is 4.90 Å². The lowest BCUT2D eigenvalue weighted by molar-refractivity contribution is -0.134. The highest BCUT2D eigenvalue weighted by Gasteiger charge is 2.33. The van der Waals surface area contributed by atoms with Crippen LogP contribution in [-0.4, -0.2) is 35.0 Å². The normalized spacial score (nSPS) is 15.5. The molecule has 0 aromatic heterocycles. The lowest BCUT2D eigenvalue weighted by Gasteiger charge is -2.23. The molecule has 1 atom stereocenters. The molecule has 0 radical (unpaired) electrons. The number of nitrogens with one attached hydrogen (secondary N) is 1. The van der Waals surface area contributed by atoms with Crippen LogP contribution in [0.15, 0.2) is 42.5 Å². The number of rotatable bonds is 6. The third-order valence-electron chi connectivity index (χ3n) is 4.37. The van der Waals surface area contributed by atoms with Crippen LogP contribution in [0, 0.1) is 0 Å². The van der Waals surface area contributed by atoms with Crippen molar-refractivity contribution in [2.45, 2.75) is 18.9 Å². The van der Waals surface area contributed by atoms with E-state index >= 15 is 0 Å². The largest absolute Gasteiger partial charge is 0.395 e. The van der Waals surface area contributed by atoms with Crippen LogP contribution in [0.25, 0.3) is 0 Å². The van der Waals surface area contributed by atoms with Gasteiger partial charge >= 0.3 is 0 Å². The minimum atomic E-state index is -0.520. The molecule has 0 saturated heterocycles. The minimum Gasteiger partial charge on any atom is -0.395 e. The predicted octanol–water partition coefficient (Wildman–Crippen LogP) is 3.44. The summed E-state index contributed by atoms with van der Waals surface area (Å²) in [5, 5.41) is 13.0.